The summed E-state index contributed by atoms with van der Waals surface area (Å²) in [6.45, 7) is 4.42. The zero-order valence-electron chi connectivity index (χ0n) is 7.72. The Morgan fingerprint density at radius 3 is 2.92 bits per heavy atom. The van der Waals surface area contributed by atoms with Gasteiger partial charge in [0.2, 0.25) is 0 Å². The van der Waals surface area contributed by atoms with E-state index >= 15 is 0 Å². The number of benzene rings is 1. The summed E-state index contributed by atoms with van der Waals surface area (Å²) in [5, 5.41) is 0. The third kappa shape index (κ3) is 0.989. The molecule has 12 heavy (non-hydrogen) atoms. The molecule has 0 saturated carbocycles. The van der Waals surface area contributed by atoms with E-state index in [2.05, 4.69) is 38.1 Å². The maximum Gasteiger partial charge on any atom is -0.00854 e. The van der Waals surface area contributed by atoms with Gasteiger partial charge in [0, 0.05) is 0 Å². The zero-order valence-corrected chi connectivity index (χ0v) is 7.72. The van der Waals surface area contributed by atoms with Crippen LogP contribution in [-0.2, 0) is 12.8 Å². The molecule has 1 aliphatic rings. The Hall–Kier alpha value is -1.04. The molecule has 0 spiro atoms. The molecule has 0 N–H and O–H groups in total. The Kier molecular flexibility index (Phi) is 1.76. The molecule has 0 unspecified atom stereocenters. The summed E-state index contributed by atoms with van der Waals surface area (Å²) in [6.07, 6.45) is 6.81. The Morgan fingerprint density at radius 1 is 1.33 bits per heavy atom. The van der Waals surface area contributed by atoms with Crippen LogP contribution in [0.1, 0.15) is 29.2 Å². The van der Waals surface area contributed by atoms with Crippen LogP contribution in [0.5, 0.6) is 0 Å². The Bertz CT molecular complexity index is 332. The van der Waals surface area contributed by atoms with Crippen LogP contribution >= 0.6 is 0 Å². The number of hydrogen-bond acceptors (Lipinski definition) is 0. The van der Waals surface area contributed by atoms with Crippen LogP contribution in [-0.4, -0.2) is 0 Å². The van der Waals surface area contributed by atoms with Crippen molar-refractivity contribution in [2.24, 2.45) is 0 Å². The van der Waals surface area contributed by atoms with E-state index in [4.69, 9.17) is 0 Å². The van der Waals surface area contributed by atoms with Gasteiger partial charge in [-0.15, -0.1) is 0 Å². The van der Waals surface area contributed by atoms with E-state index in [1.807, 2.05) is 0 Å². The van der Waals surface area contributed by atoms with Crippen LogP contribution in [0.25, 0.3) is 6.08 Å². The first-order valence-electron chi connectivity index (χ1n) is 4.61. The second-order valence-electron chi connectivity index (χ2n) is 3.39. The highest BCUT2D eigenvalue weighted by Crippen LogP contribution is 2.26. The van der Waals surface area contributed by atoms with E-state index in [1.54, 1.807) is 0 Å². The molecule has 1 aromatic rings. The first-order valence-corrected chi connectivity index (χ1v) is 4.61. The minimum Gasteiger partial charge on any atom is -0.0795 e. The zero-order chi connectivity index (χ0) is 8.55. The maximum absolute atomic E-state index is 2.27. The van der Waals surface area contributed by atoms with Crippen molar-refractivity contribution in [1.82, 2.24) is 0 Å². The van der Waals surface area contributed by atoms with Gasteiger partial charge in [-0.25, -0.2) is 0 Å². The third-order valence-corrected chi connectivity index (χ3v) is 2.67. The fraction of sp³-hybridized carbons (Fsp3) is 0.333. The van der Waals surface area contributed by atoms with Gasteiger partial charge >= 0.3 is 0 Å². The van der Waals surface area contributed by atoms with Crippen molar-refractivity contribution >= 4 is 6.08 Å². The van der Waals surface area contributed by atoms with E-state index in [0.717, 1.165) is 12.8 Å². The summed E-state index contributed by atoms with van der Waals surface area (Å²) in [5.41, 5.74) is 5.95. The fourth-order valence-electron chi connectivity index (χ4n) is 1.90. The minimum absolute atomic E-state index is 1.13. The van der Waals surface area contributed by atoms with Crippen molar-refractivity contribution in [3.8, 4) is 0 Å². The van der Waals surface area contributed by atoms with E-state index in [1.165, 1.54) is 22.3 Å². The first kappa shape index (κ1) is 7.60. The Labute approximate surface area is 73.9 Å². The van der Waals surface area contributed by atoms with Gasteiger partial charge < -0.3 is 0 Å². The van der Waals surface area contributed by atoms with E-state index in [-0.39, 0.29) is 0 Å². The van der Waals surface area contributed by atoms with Crippen LogP contribution in [0.3, 0.4) is 0 Å². The minimum atomic E-state index is 1.13. The molecule has 2 rings (SSSR count). The van der Waals surface area contributed by atoms with Crippen molar-refractivity contribution in [3.05, 3.63) is 40.5 Å². The van der Waals surface area contributed by atoms with Gasteiger partial charge in [0.15, 0.2) is 0 Å². The maximum atomic E-state index is 2.27. The van der Waals surface area contributed by atoms with E-state index in [0.29, 0.717) is 0 Å². The van der Waals surface area contributed by atoms with Crippen LogP contribution in [0.2, 0.25) is 0 Å². The lowest BCUT2D eigenvalue weighted by molar-refractivity contribution is 1.11. The van der Waals surface area contributed by atoms with Crippen molar-refractivity contribution < 1.29 is 0 Å². The number of fused-ring (bicyclic) bond motifs is 1. The standard InChI is InChI=1S/C12H14/c1-3-10-8-7-9(2)11-5-4-6-12(10)11/h4,6-8H,3,5H2,1-2H3. The van der Waals surface area contributed by atoms with Gasteiger partial charge in [-0.05, 0) is 42.0 Å². The lowest BCUT2D eigenvalue weighted by atomic mass is 9.97. The molecule has 0 nitrogen and oxygen atoms in total. The summed E-state index contributed by atoms with van der Waals surface area (Å²) < 4.78 is 0. The second-order valence-corrected chi connectivity index (χ2v) is 3.39. The van der Waals surface area contributed by atoms with E-state index < -0.39 is 0 Å². The molecular formula is C12H14. The SMILES string of the molecule is CCc1ccc(C)c2c1C=CC2. The van der Waals surface area contributed by atoms with Gasteiger partial charge in [0.05, 0.1) is 0 Å². The second kappa shape index (κ2) is 2.78. The van der Waals surface area contributed by atoms with Crippen LogP contribution in [0, 0.1) is 6.92 Å². The number of allylic oxidation sites excluding steroid dienone is 1. The first-order chi connectivity index (χ1) is 5.83. The lowest BCUT2D eigenvalue weighted by Crippen LogP contribution is -1.92. The van der Waals surface area contributed by atoms with Gasteiger partial charge in [0.1, 0.15) is 0 Å². The normalized spacial score (nSPS) is 13.5. The topological polar surface area (TPSA) is 0 Å². The molecule has 0 fully saturated rings. The molecule has 0 atom stereocenters. The van der Waals surface area contributed by atoms with Gasteiger partial charge in [-0.2, -0.15) is 0 Å². The molecule has 0 radical (unpaired) electrons. The highest BCUT2D eigenvalue weighted by molar-refractivity contribution is 5.65. The molecule has 0 saturated heterocycles. The average molecular weight is 158 g/mol. The Balaban J connectivity index is 2.62. The summed E-state index contributed by atoms with van der Waals surface area (Å²) >= 11 is 0. The number of rotatable bonds is 1. The summed E-state index contributed by atoms with van der Waals surface area (Å²) in [5.74, 6) is 0. The molecule has 0 aromatic heterocycles. The van der Waals surface area contributed by atoms with Crippen LogP contribution in [0.15, 0.2) is 18.2 Å². The quantitative estimate of drug-likeness (QED) is 0.589. The summed E-state index contributed by atoms with van der Waals surface area (Å²) in [7, 11) is 0. The number of hydrogen-bond donors (Lipinski definition) is 0. The molecule has 0 aliphatic heterocycles. The molecule has 0 amide bonds. The average Bonchev–Trinajstić information content (AvgIpc) is 2.54. The lowest BCUT2D eigenvalue weighted by Gasteiger charge is -2.07. The van der Waals surface area contributed by atoms with Gasteiger partial charge in [-0.1, -0.05) is 31.2 Å². The molecular weight excluding hydrogens is 144 g/mol. The third-order valence-electron chi connectivity index (χ3n) is 2.67. The predicted molar refractivity (Wildman–Crippen MR) is 53.3 cm³/mol. The van der Waals surface area contributed by atoms with Gasteiger partial charge in [-0.3, -0.25) is 0 Å². The molecule has 62 valence electrons. The van der Waals surface area contributed by atoms with E-state index in [9.17, 15) is 0 Å². The largest absolute Gasteiger partial charge is 0.0795 e. The summed E-state index contributed by atoms with van der Waals surface area (Å²) in [4.78, 5) is 0. The van der Waals surface area contributed by atoms with Crippen molar-refractivity contribution in [2.75, 3.05) is 0 Å². The molecule has 0 heteroatoms. The van der Waals surface area contributed by atoms with Crippen molar-refractivity contribution in [2.45, 2.75) is 26.7 Å². The molecule has 1 aliphatic carbocycles. The highest BCUT2D eigenvalue weighted by Gasteiger charge is 2.10. The van der Waals surface area contributed by atoms with Crippen molar-refractivity contribution in [1.29, 1.82) is 0 Å². The predicted octanol–water partition coefficient (Wildman–Crippen LogP) is 3.13. The number of aryl methyl sites for hydroxylation is 2. The fourth-order valence-corrected chi connectivity index (χ4v) is 1.90. The van der Waals surface area contributed by atoms with Crippen LogP contribution < -0.4 is 0 Å². The van der Waals surface area contributed by atoms with Gasteiger partial charge in [0.25, 0.3) is 0 Å². The van der Waals surface area contributed by atoms with Crippen LogP contribution in [0.4, 0.5) is 0 Å². The molecule has 0 heterocycles. The van der Waals surface area contributed by atoms with Crippen molar-refractivity contribution in [3.63, 3.8) is 0 Å². The smallest absolute Gasteiger partial charge is 0.00854 e. The molecule has 1 aromatic carbocycles. The summed E-state index contributed by atoms with van der Waals surface area (Å²) in [6, 6.07) is 4.49. The highest BCUT2D eigenvalue weighted by atomic mass is 14.1. The monoisotopic (exact) mass is 158 g/mol. The molecule has 0 bridgehead atoms. The Morgan fingerprint density at radius 2 is 2.17 bits per heavy atom.